The molecule has 0 spiro atoms. The lowest BCUT2D eigenvalue weighted by molar-refractivity contribution is -0.305. The third kappa shape index (κ3) is 5.40. The molecular formula is C4H6FO2-. The van der Waals surface area contributed by atoms with Gasteiger partial charge in [0, 0.05) is 5.97 Å². The van der Waals surface area contributed by atoms with Crippen LogP contribution < -0.4 is 5.11 Å². The Kier molecular flexibility index (Phi) is 3.28. The van der Waals surface area contributed by atoms with Gasteiger partial charge in [-0.25, -0.2) is 0 Å². The topological polar surface area (TPSA) is 40.1 Å². The minimum atomic E-state index is -1.18. The Bertz CT molecular complexity index is 62.7. The maximum atomic E-state index is 11.1. The minimum absolute atomic E-state index is 0.0718. The summed E-state index contributed by atoms with van der Waals surface area (Å²) in [7, 11) is 0. The minimum Gasteiger partial charge on any atom is -0.550 e. The van der Waals surface area contributed by atoms with Crippen LogP contribution in [-0.4, -0.2) is 12.6 Å². The quantitative estimate of drug-likeness (QED) is 0.484. The fourth-order valence-corrected chi connectivity index (χ4v) is 0.211. The number of halogens is 1. The van der Waals surface area contributed by atoms with E-state index in [1.54, 1.807) is 0 Å². The van der Waals surface area contributed by atoms with Crippen molar-refractivity contribution < 1.29 is 14.3 Å². The number of carboxylic acids is 1. The molecule has 42 valence electrons. The number of hydrogen-bond acceptors (Lipinski definition) is 2. The highest BCUT2D eigenvalue weighted by Gasteiger charge is 1.82. The number of carboxylic acid groups (broad SMARTS) is 1. The van der Waals surface area contributed by atoms with E-state index < -0.39 is 12.6 Å². The second-order valence-corrected chi connectivity index (χ2v) is 1.16. The highest BCUT2D eigenvalue weighted by molar-refractivity contribution is 5.64. The summed E-state index contributed by atoms with van der Waals surface area (Å²) in [5.74, 6) is -1.18. The monoisotopic (exact) mass is 105 g/mol. The van der Waals surface area contributed by atoms with Gasteiger partial charge in [0.25, 0.3) is 0 Å². The summed E-state index contributed by atoms with van der Waals surface area (Å²) in [4.78, 5) is 9.48. The van der Waals surface area contributed by atoms with Crippen LogP contribution in [0.2, 0.25) is 0 Å². The molecule has 0 heterocycles. The first kappa shape index (κ1) is 6.40. The van der Waals surface area contributed by atoms with Gasteiger partial charge in [0.05, 0.1) is 6.67 Å². The van der Waals surface area contributed by atoms with Gasteiger partial charge in [-0.2, -0.15) is 0 Å². The summed E-state index contributed by atoms with van der Waals surface area (Å²) in [6.45, 7) is -0.575. The molecule has 0 aromatic carbocycles. The predicted molar refractivity (Wildman–Crippen MR) is 20.2 cm³/mol. The molecule has 0 N–H and O–H groups in total. The zero-order chi connectivity index (χ0) is 5.70. The van der Waals surface area contributed by atoms with Crippen molar-refractivity contribution in [3.63, 3.8) is 0 Å². The Labute approximate surface area is 41.0 Å². The number of aliphatic carboxylic acids is 1. The van der Waals surface area contributed by atoms with Gasteiger partial charge in [-0.3, -0.25) is 4.39 Å². The predicted octanol–water partition coefficient (Wildman–Crippen LogP) is -0.514. The van der Waals surface area contributed by atoms with Gasteiger partial charge >= 0.3 is 0 Å². The molecule has 0 aliphatic rings. The van der Waals surface area contributed by atoms with Crippen molar-refractivity contribution in [3.05, 3.63) is 0 Å². The average molecular weight is 105 g/mol. The molecule has 0 amide bonds. The van der Waals surface area contributed by atoms with E-state index in [-0.39, 0.29) is 12.8 Å². The molecule has 0 aliphatic carbocycles. The second kappa shape index (κ2) is 3.59. The second-order valence-electron chi connectivity index (χ2n) is 1.16. The number of carbonyl (C=O) groups excluding carboxylic acids is 1. The van der Waals surface area contributed by atoms with Crippen LogP contribution in [0.25, 0.3) is 0 Å². The van der Waals surface area contributed by atoms with E-state index in [0.717, 1.165) is 0 Å². The summed E-state index contributed by atoms with van der Waals surface area (Å²) in [5, 5.41) is 9.48. The van der Waals surface area contributed by atoms with E-state index in [2.05, 4.69) is 0 Å². The third-order valence-corrected chi connectivity index (χ3v) is 0.515. The molecular weight excluding hydrogens is 99.0 g/mol. The van der Waals surface area contributed by atoms with Crippen LogP contribution in [0, 0.1) is 0 Å². The molecule has 0 saturated heterocycles. The molecule has 0 rings (SSSR count). The van der Waals surface area contributed by atoms with Crippen molar-refractivity contribution >= 4 is 5.97 Å². The lowest BCUT2D eigenvalue weighted by Crippen LogP contribution is -2.21. The molecule has 0 fully saturated rings. The van der Waals surface area contributed by atoms with Crippen LogP contribution in [0.15, 0.2) is 0 Å². The highest BCUT2D eigenvalue weighted by atomic mass is 19.1. The molecule has 0 bridgehead atoms. The molecule has 0 aromatic heterocycles. The Morgan fingerprint density at radius 2 is 2.29 bits per heavy atom. The first-order chi connectivity index (χ1) is 3.27. The fraction of sp³-hybridized carbons (Fsp3) is 0.750. The number of hydrogen-bond donors (Lipinski definition) is 0. The molecule has 0 aromatic rings. The van der Waals surface area contributed by atoms with E-state index in [9.17, 15) is 14.3 Å². The maximum absolute atomic E-state index is 11.1. The lowest BCUT2D eigenvalue weighted by atomic mass is 10.3. The molecule has 2 nitrogen and oxygen atoms in total. The van der Waals surface area contributed by atoms with Crippen molar-refractivity contribution in [3.8, 4) is 0 Å². The Hall–Kier alpha value is -0.600. The van der Waals surface area contributed by atoms with Crippen molar-refractivity contribution in [2.24, 2.45) is 0 Å². The summed E-state index contributed by atoms with van der Waals surface area (Å²) >= 11 is 0. The van der Waals surface area contributed by atoms with Crippen LogP contribution in [0.5, 0.6) is 0 Å². The normalized spacial score (nSPS) is 8.71. The van der Waals surface area contributed by atoms with Crippen LogP contribution in [0.4, 0.5) is 4.39 Å². The first-order valence-corrected chi connectivity index (χ1v) is 2.03. The fourth-order valence-electron chi connectivity index (χ4n) is 0.211. The Morgan fingerprint density at radius 3 is 2.43 bits per heavy atom. The van der Waals surface area contributed by atoms with Gasteiger partial charge in [0.15, 0.2) is 0 Å². The highest BCUT2D eigenvalue weighted by Crippen LogP contribution is 1.84. The summed E-state index contributed by atoms with van der Waals surface area (Å²) < 4.78 is 11.1. The maximum Gasteiger partial charge on any atom is 0.0898 e. The average Bonchev–Trinajstić information content (AvgIpc) is 1.61. The van der Waals surface area contributed by atoms with Crippen LogP contribution >= 0.6 is 0 Å². The Balaban J connectivity index is 2.82. The number of carbonyl (C=O) groups is 1. The molecule has 7 heavy (non-hydrogen) atoms. The van der Waals surface area contributed by atoms with Gasteiger partial charge in [-0.15, -0.1) is 0 Å². The van der Waals surface area contributed by atoms with Crippen LogP contribution in [-0.2, 0) is 4.79 Å². The van der Waals surface area contributed by atoms with E-state index in [4.69, 9.17) is 0 Å². The molecule has 3 heteroatoms. The van der Waals surface area contributed by atoms with Crippen LogP contribution in [0.1, 0.15) is 12.8 Å². The van der Waals surface area contributed by atoms with Crippen molar-refractivity contribution in [2.45, 2.75) is 12.8 Å². The van der Waals surface area contributed by atoms with E-state index in [0.29, 0.717) is 0 Å². The third-order valence-electron chi connectivity index (χ3n) is 0.515. The summed E-state index contributed by atoms with van der Waals surface area (Å²) in [6, 6.07) is 0. The van der Waals surface area contributed by atoms with Gasteiger partial charge in [-0.05, 0) is 12.8 Å². The molecule has 0 unspecified atom stereocenters. The van der Waals surface area contributed by atoms with Gasteiger partial charge < -0.3 is 9.90 Å². The number of rotatable bonds is 3. The van der Waals surface area contributed by atoms with Gasteiger partial charge in [0.1, 0.15) is 0 Å². The molecule has 0 atom stereocenters. The van der Waals surface area contributed by atoms with Crippen molar-refractivity contribution in [1.29, 1.82) is 0 Å². The first-order valence-electron chi connectivity index (χ1n) is 2.03. The van der Waals surface area contributed by atoms with E-state index in [1.807, 2.05) is 0 Å². The van der Waals surface area contributed by atoms with Crippen LogP contribution in [0.3, 0.4) is 0 Å². The standard InChI is InChI=1S/C4H7FO2/c5-3-1-2-4(6)7/h1-3H2,(H,6,7)/p-1. The van der Waals surface area contributed by atoms with Crippen molar-refractivity contribution in [1.82, 2.24) is 0 Å². The van der Waals surface area contributed by atoms with E-state index in [1.165, 1.54) is 0 Å². The molecule has 0 radical (unpaired) electrons. The van der Waals surface area contributed by atoms with Crippen molar-refractivity contribution in [2.75, 3.05) is 6.67 Å². The Morgan fingerprint density at radius 1 is 1.71 bits per heavy atom. The zero-order valence-corrected chi connectivity index (χ0v) is 3.82. The smallest absolute Gasteiger partial charge is 0.0898 e. The van der Waals surface area contributed by atoms with Gasteiger partial charge in [-0.1, -0.05) is 0 Å². The SMILES string of the molecule is O=C([O-])CCCF. The van der Waals surface area contributed by atoms with E-state index >= 15 is 0 Å². The summed E-state index contributed by atoms with van der Waals surface area (Å²) in [5.41, 5.74) is 0. The molecule has 0 aliphatic heterocycles. The summed E-state index contributed by atoms with van der Waals surface area (Å²) in [6.07, 6.45) is -0.0984. The zero-order valence-electron chi connectivity index (χ0n) is 3.82. The van der Waals surface area contributed by atoms with Gasteiger partial charge in [0.2, 0.25) is 0 Å². The largest absolute Gasteiger partial charge is 0.550 e. The number of alkyl halides is 1. The lowest BCUT2D eigenvalue weighted by Gasteiger charge is -1.94. The molecule has 0 saturated carbocycles.